The number of rotatable bonds is 4. The Kier molecular flexibility index (Phi) is 4.70. The molecule has 2 aliphatic heterocycles. The van der Waals surface area contributed by atoms with Crippen LogP contribution >= 0.6 is 0 Å². The number of methoxy groups -OCH3 is 1. The Balaban J connectivity index is 1.58. The van der Waals surface area contributed by atoms with Crippen molar-refractivity contribution in [3.05, 3.63) is 53.3 Å². The molecule has 3 heterocycles. The second-order valence-electron chi connectivity index (χ2n) is 7.39. The van der Waals surface area contributed by atoms with Gasteiger partial charge in [-0.05, 0) is 25.0 Å². The third-order valence-electron chi connectivity index (χ3n) is 5.51. The monoisotopic (exact) mass is 368 g/mol. The van der Waals surface area contributed by atoms with Crippen LogP contribution in [0, 0.1) is 12.8 Å². The number of esters is 1. The van der Waals surface area contributed by atoms with Crippen molar-refractivity contribution in [3.63, 3.8) is 0 Å². The van der Waals surface area contributed by atoms with Gasteiger partial charge in [0.2, 0.25) is 5.91 Å². The summed E-state index contributed by atoms with van der Waals surface area (Å²) in [4.78, 5) is 29.5. The molecule has 1 amide bonds. The first-order valence-electron chi connectivity index (χ1n) is 9.24. The van der Waals surface area contributed by atoms with Crippen LogP contribution in [0.15, 0.2) is 36.4 Å². The molecular weight excluding hydrogens is 344 g/mol. The minimum Gasteiger partial charge on any atom is -0.469 e. The Morgan fingerprint density at radius 2 is 2.11 bits per heavy atom. The van der Waals surface area contributed by atoms with Crippen LogP contribution in [0.3, 0.4) is 0 Å². The van der Waals surface area contributed by atoms with Crippen LogP contribution in [0.4, 0.5) is 0 Å². The maximum atomic E-state index is 13.0. The molecule has 0 aliphatic carbocycles. The Morgan fingerprint density at radius 3 is 2.78 bits per heavy atom. The van der Waals surface area contributed by atoms with Gasteiger partial charge >= 0.3 is 5.97 Å². The number of carbonyl (C=O) groups is 2. The molecule has 0 spiro atoms. The zero-order valence-electron chi connectivity index (χ0n) is 15.6. The molecule has 2 aliphatic rings. The van der Waals surface area contributed by atoms with Crippen LogP contribution in [0.5, 0.6) is 0 Å². The zero-order valence-corrected chi connectivity index (χ0v) is 15.6. The van der Waals surface area contributed by atoms with Crippen molar-refractivity contribution < 1.29 is 14.3 Å². The fourth-order valence-electron chi connectivity index (χ4n) is 4.44. The molecule has 3 atom stereocenters. The Morgan fingerprint density at radius 1 is 1.33 bits per heavy atom. The number of hydrogen-bond acceptors (Lipinski definition) is 5. The third-order valence-corrected chi connectivity index (χ3v) is 5.51. The van der Waals surface area contributed by atoms with Gasteiger partial charge in [0, 0.05) is 24.8 Å². The Labute approximate surface area is 158 Å². The second-order valence-corrected chi connectivity index (χ2v) is 7.39. The van der Waals surface area contributed by atoms with Gasteiger partial charge in [0.05, 0.1) is 31.3 Å². The topological polar surface area (TPSA) is 78.5 Å². The molecule has 1 N–H and O–H groups in total. The first kappa shape index (κ1) is 17.7. The van der Waals surface area contributed by atoms with E-state index in [0.29, 0.717) is 19.5 Å². The van der Waals surface area contributed by atoms with E-state index in [1.54, 1.807) is 0 Å². The van der Waals surface area contributed by atoms with E-state index in [1.807, 2.05) is 48.2 Å². The average molecular weight is 368 g/mol. The van der Waals surface area contributed by atoms with Crippen molar-refractivity contribution in [2.24, 2.45) is 5.92 Å². The van der Waals surface area contributed by atoms with E-state index in [4.69, 9.17) is 4.74 Å². The molecule has 7 nitrogen and oxygen atoms in total. The van der Waals surface area contributed by atoms with E-state index < -0.39 is 0 Å². The van der Waals surface area contributed by atoms with Gasteiger partial charge in [-0.2, -0.15) is 5.10 Å². The summed E-state index contributed by atoms with van der Waals surface area (Å²) < 4.78 is 5.05. The van der Waals surface area contributed by atoms with Crippen LogP contribution in [-0.4, -0.2) is 58.1 Å². The maximum absolute atomic E-state index is 13.0. The van der Waals surface area contributed by atoms with E-state index in [-0.39, 0.29) is 29.9 Å². The molecule has 1 aromatic heterocycles. The normalized spacial score (nSPS) is 25.5. The van der Waals surface area contributed by atoms with Gasteiger partial charge in [0.25, 0.3) is 0 Å². The lowest BCUT2D eigenvalue weighted by Gasteiger charge is -2.39. The summed E-state index contributed by atoms with van der Waals surface area (Å²) in [5.41, 5.74) is 2.92. The number of fused-ring (bicyclic) bond motifs is 1. The highest BCUT2D eigenvalue weighted by molar-refractivity contribution is 5.83. The minimum absolute atomic E-state index is 0.000551. The largest absolute Gasteiger partial charge is 0.469 e. The van der Waals surface area contributed by atoms with Gasteiger partial charge in [-0.25, -0.2) is 0 Å². The first-order chi connectivity index (χ1) is 13.1. The molecular formula is C20H24N4O3. The van der Waals surface area contributed by atoms with Crippen LogP contribution in [-0.2, 0) is 20.9 Å². The first-order valence-corrected chi connectivity index (χ1v) is 9.24. The quantitative estimate of drug-likeness (QED) is 0.831. The molecule has 1 aromatic carbocycles. The van der Waals surface area contributed by atoms with Crippen LogP contribution in [0.2, 0.25) is 0 Å². The standard InChI is InChI=1S/C20H24N4O3/c1-13-8-15(22-21-13)10-23-11-16-9-17(20(26)27-2)19(24(16)18(25)12-23)14-6-4-3-5-7-14/h3-8,16-17,19H,9-12H2,1-2H3,(H,21,22)/t16-,17-,19-/m0/s1. The van der Waals surface area contributed by atoms with E-state index in [9.17, 15) is 9.59 Å². The van der Waals surface area contributed by atoms with Crippen molar-refractivity contribution >= 4 is 11.9 Å². The highest BCUT2D eigenvalue weighted by atomic mass is 16.5. The van der Waals surface area contributed by atoms with E-state index in [1.165, 1.54) is 7.11 Å². The van der Waals surface area contributed by atoms with E-state index >= 15 is 0 Å². The number of hydrogen-bond donors (Lipinski definition) is 1. The maximum Gasteiger partial charge on any atom is 0.311 e. The fourth-order valence-corrected chi connectivity index (χ4v) is 4.44. The molecule has 0 saturated carbocycles. The van der Waals surface area contributed by atoms with Crippen molar-refractivity contribution in [1.82, 2.24) is 20.0 Å². The number of H-pyrrole nitrogens is 1. The molecule has 4 rings (SSSR count). The third kappa shape index (κ3) is 3.35. The molecule has 2 fully saturated rings. The minimum atomic E-state index is -0.334. The van der Waals surface area contributed by atoms with Crippen molar-refractivity contribution in [3.8, 4) is 0 Å². The van der Waals surface area contributed by atoms with Gasteiger partial charge in [0.15, 0.2) is 0 Å². The number of piperazine rings is 1. The summed E-state index contributed by atoms with van der Waals surface area (Å²) in [6.45, 7) is 3.65. The Hall–Kier alpha value is -2.67. The summed E-state index contributed by atoms with van der Waals surface area (Å²) in [5.74, 6) is -0.529. The average Bonchev–Trinajstić information content (AvgIpc) is 3.25. The van der Waals surface area contributed by atoms with Gasteiger partial charge in [-0.1, -0.05) is 30.3 Å². The van der Waals surface area contributed by atoms with E-state index in [2.05, 4.69) is 15.1 Å². The highest BCUT2D eigenvalue weighted by Gasteiger charge is 2.50. The summed E-state index contributed by atoms with van der Waals surface area (Å²) in [6.07, 6.45) is 0.619. The van der Waals surface area contributed by atoms with E-state index in [0.717, 1.165) is 23.5 Å². The number of amides is 1. The van der Waals surface area contributed by atoms with Gasteiger partial charge in [-0.3, -0.25) is 19.6 Å². The predicted octanol–water partition coefficient (Wildman–Crippen LogP) is 1.67. The summed E-state index contributed by atoms with van der Waals surface area (Å²) >= 11 is 0. The zero-order chi connectivity index (χ0) is 19.0. The molecule has 0 bridgehead atoms. The van der Waals surface area contributed by atoms with Crippen molar-refractivity contribution in [1.29, 1.82) is 0 Å². The lowest BCUT2D eigenvalue weighted by atomic mass is 9.93. The van der Waals surface area contributed by atoms with Crippen molar-refractivity contribution in [2.75, 3.05) is 20.2 Å². The smallest absolute Gasteiger partial charge is 0.311 e. The molecule has 142 valence electrons. The lowest BCUT2D eigenvalue weighted by molar-refractivity contribution is -0.147. The highest BCUT2D eigenvalue weighted by Crippen LogP contribution is 2.43. The van der Waals surface area contributed by atoms with Gasteiger partial charge in [-0.15, -0.1) is 0 Å². The molecule has 0 unspecified atom stereocenters. The number of nitrogens with one attached hydrogen (secondary N) is 1. The van der Waals surface area contributed by atoms with Crippen LogP contribution in [0.1, 0.15) is 29.4 Å². The molecule has 2 aromatic rings. The summed E-state index contributed by atoms with van der Waals surface area (Å²) in [7, 11) is 1.41. The van der Waals surface area contributed by atoms with Gasteiger partial charge < -0.3 is 9.64 Å². The summed E-state index contributed by atoms with van der Waals surface area (Å²) in [6, 6.07) is 11.5. The number of aromatic nitrogens is 2. The van der Waals surface area contributed by atoms with Crippen LogP contribution < -0.4 is 0 Å². The predicted molar refractivity (Wildman–Crippen MR) is 98.5 cm³/mol. The summed E-state index contributed by atoms with van der Waals surface area (Å²) in [5, 5.41) is 7.21. The SMILES string of the molecule is COC(=O)[C@H]1C[C@H]2CN(Cc3cc(C)[nH]n3)CC(=O)N2[C@H]1c1ccccc1. The van der Waals surface area contributed by atoms with Crippen molar-refractivity contribution in [2.45, 2.75) is 32.0 Å². The molecule has 2 saturated heterocycles. The molecule has 0 radical (unpaired) electrons. The second kappa shape index (κ2) is 7.15. The number of aromatic amines is 1. The Bertz CT molecular complexity index is 835. The number of ether oxygens (including phenoxy) is 1. The number of aryl methyl sites for hydroxylation is 1. The van der Waals surface area contributed by atoms with Gasteiger partial charge in [0.1, 0.15) is 0 Å². The number of nitrogens with zero attached hydrogens (tertiary/aromatic N) is 3. The fraction of sp³-hybridized carbons (Fsp3) is 0.450. The lowest BCUT2D eigenvalue weighted by Crippen LogP contribution is -2.54. The molecule has 7 heteroatoms. The number of carbonyl (C=O) groups excluding carboxylic acids is 2. The number of benzene rings is 1. The molecule has 27 heavy (non-hydrogen) atoms. The van der Waals surface area contributed by atoms with Crippen LogP contribution in [0.25, 0.3) is 0 Å².